The summed E-state index contributed by atoms with van der Waals surface area (Å²) in [5, 5.41) is 0. The second-order valence-electron chi connectivity index (χ2n) is 4.13. The Labute approximate surface area is 108 Å². The Morgan fingerprint density at radius 3 is 2.89 bits per heavy atom. The number of hydrogen-bond acceptors (Lipinski definition) is 1. The molecule has 0 aromatic heterocycles. The van der Waals surface area contributed by atoms with Gasteiger partial charge < -0.3 is 0 Å². The standard InChI is InChI=1S/C17H16O/c18-17(16-11-7-3-4-8-12-16)14-13-15-9-5-1-2-6-10-15/h1-5,7-11,13-14H,6,12H2/b14-13+. The lowest BCUT2D eigenvalue weighted by molar-refractivity contribution is -0.111. The summed E-state index contributed by atoms with van der Waals surface area (Å²) in [4.78, 5) is 12.0. The number of ketones is 1. The van der Waals surface area contributed by atoms with Gasteiger partial charge in [0.25, 0.3) is 0 Å². The van der Waals surface area contributed by atoms with Gasteiger partial charge in [-0.25, -0.2) is 0 Å². The van der Waals surface area contributed by atoms with Crippen LogP contribution in [-0.4, -0.2) is 5.78 Å². The molecule has 0 fully saturated rings. The molecule has 2 rings (SSSR count). The molecule has 0 aromatic carbocycles. The van der Waals surface area contributed by atoms with Gasteiger partial charge in [0.1, 0.15) is 0 Å². The molecule has 0 unspecified atom stereocenters. The van der Waals surface area contributed by atoms with Crippen molar-refractivity contribution in [2.75, 3.05) is 0 Å². The van der Waals surface area contributed by atoms with E-state index in [9.17, 15) is 4.79 Å². The van der Waals surface area contributed by atoms with E-state index in [-0.39, 0.29) is 5.78 Å². The first-order chi connectivity index (χ1) is 8.86. The second-order valence-corrected chi connectivity index (χ2v) is 4.13. The van der Waals surface area contributed by atoms with Crippen molar-refractivity contribution in [1.82, 2.24) is 0 Å². The summed E-state index contributed by atoms with van der Waals surface area (Å²) in [5.41, 5.74) is 1.90. The Bertz CT molecular complexity index is 520. The predicted molar refractivity (Wildman–Crippen MR) is 76.1 cm³/mol. The highest BCUT2D eigenvalue weighted by atomic mass is 16.1. The van der Waals surface area contributed by atoms with Gasteiger partial charge in [-0.1, -0.05) is 66.8 Å². The van der Waals surface area contributed by atoms with E-state index in [4.69, 9.17) is 0 Å². The van der Waals surface area contributed by atoms with Crippen LogP contribution in [0.5, 0.6) is 0 Å². The third-order valence-electron chi connectivity index (χ3n) is 2.76. The quantitative estimate of drug-likeness (QED) is 0.677. The maximum Gasteiger partial charge on any atom is 0.182 e. The topological polar surface area (TPSA) is 17.1 Å². The molecule has 0 radical (unpaired) electrons. The fourth-order valence-corrected chi connectivity index (χ4v) is 1.76. The molecule has 1 nitrogen and oxygen atoms in total. The van der Waals surface area contributed by atoms with E-state index in [1.54, 1.807) is 6.08 Å². The van der Waals surface area contributed by atoms with Gasteiger partial charge in [-0.15, -0.1) is 0 Å². The van der Waals surface area contributed by atoms with Crippen LogP contribution in [0, 0.1) is 0 Å². The first kappa shape index (κ1) is 12.3. The number of rotatable bonds is 3. The molecule has 0 aromatic rings. The number of carbonyl (C=O) groups excluding carboxylic acids is 1. The minimum absolute atomic E-state index is 0.0812. The van der Waals surface area contributed by atoms with Crippen molar-refractivity contribution in [3.05, 3.63) is 84.1 Å². The van der Waals surface area contributed by atoms with Gasteiger partial charge in [0.05, 0.1) is 0 Å². The normalized spacial score (nSPS) is 18.4. The fourth-order valence-electron chi connectivity index (χ4n) is 1.76. The highest BCUT2D eigenvalue weighted by molar-refractivity contribution is 6.04. The van der Waals surface area contributed by atoms with Gasteiger partial charge in [0.15, 0.2) is 5.78 Å². The minimum Gasteiger partial charge on any atom is -0.290 e. The maximum absolute atomic E-state index is 12.0. The van der Waals surface area contributed by atoms with Crippen molar-refractivity contribution in [3.8, 4) is 0 Å². The number of carbonyl (C=O) groups is 1. The largest absolute Gasteiger partial charge is 0.290 e. The maximum atomic E-state index is 12.0. The van der Waals surface area contributed by atoms with Crippen LogP contribution in [0.4, 0.5) is 0 Å². The van der Waals surface area contributed by atoms with Crippen molar-refractivity contribution in [1.29, 1.82) is 0 Å². The van der Waals surface area contributed by atoms with Crippen molar-refractivity contribution in [2.24, 2.45) is 0 Å². The zero-order chi connectivity index (χ0) is 12.6. The highest BCUT2D eigenvalue weighted by Crippen LogP contribution is 2.11. The molecule has 0 aliphatic heterocycles. The first-order valence-electron chi connectivity index (χ1n) is 6.14. The molecule has 90 valence electrons. The van der Waals surface area contributed by atoms with Crippen LogP contribution in [0.2, 0.25) is 0 Å². The Kier molecular flexibility index (Phi) is 4.48. The minimum atomic E-state index is 0.0812. The molecule has 0 heterocycles. The third kappa shape index (κ3) is 3.70. The Morgan fingerprint density at radius 2 is 1.94 bits per heavy atom. The lowest BCUT2D eigenvalue weighted by atomic mass is 10.1. The van der Waals surface area contributed by atoms with E-state index < -0.39 is 0 Å². The molecule has 0 amide bonds. The van der Waals surface area contributed by atoms with Crippen LogP contribution < -0.4 is 0 Å². The SMILES string of the molecule is O=C(/C=C/C1=CCC=CC=C1)C1=CC=CC=CC1. The summed E-state index contributed by atoms with van der Waals surface area (Å²) in [6, 6.07) is 0. The second kappa shape index (κ2) is 6.55. The van der Waals surface area contributed by atoms with Gasteiger partial charge in [-0.3, -0.25) is 4.79 Å². The molecule has 18 heavy (non-hydrogen) atoms. The summed E-state index contributed by atoms with van der Waals surface area (Å²) >= 11 is 0. The molecule has 0 N–H and O–H groups in total. The zero-order valence-electron chi connectivity index (χ0n) is 10.3. The summed E-state index contributed by atoms with van der Waals surface area (Å²) in [7, 11) is 0. The highest BCUT2D eigenvalue weighted by Gasteiger charge is 2.04. The molecule has 1 heteroatoms. The third-order valence-corrected chi connectivity index (χ3v) is 2.76. The predicted octanol–water partition coefficient (Wildman–Crippen LogP) is 4.00. The molecule has 0 bridgehead atoms. The van der Waals surface area contributed by atoms with Gasteiger partial charge in [0, 0.05) is 5.57 Å². The van der Waals surface area contributed by atoms with E-state index in [0.29, 0.717) is 6.42 Å². The van der Waals surface area contributed by atoms with Crippen LogP contribution >= 0.6 is 0 Å². The summed E-state index contributed by atoms with van der Waals surface area (Å²) < 4.78 is 0. The molecule has 2 aliphatic carbocycles. The van der Waals surface area contributed by atoms with Gasteiger partial charge >= 0.3 is 0 Å². The molecule has 2 aliphatic rings. The van der Waals surface area contributed by atoms with Gasteiger partial charge in [-0.05, 0) is 24.5 Å². The molecule has 0 saturated carbocycles. The van der Waals surface area contributed by atoms with Gasteiger partial charge in [0.2, 0.25) is 0 Å². The van der Waals surface area contributed by atoms with E-state index in [0.717, 1.165) is 17.6 Å². The summed E-state index contributed by atoms with van der Waals surface area (Å²) in [6.45, 7) is 0. The van der Waals surface area contributed by atoms with Crippen LogP contribution in [0.1, 0.15) is 12.8 Å². The van der Waals surface area contributed by atoms with E-state index in [1.807, 2.05) is 54.7 Å². The van der Waals surface area contributed by atoms with Crippen LogP contribution in [0.3, 0.4) is 0 Å². The lowest BCUT2D eigenvalue weighted by Crippen LogP contribution is -1.97. The van der Waals surface area contributed by atoms with E-state index in [2.05, 4.69) is 12.2 Å². The van der Waals surface area contributed by atoms with E-state index >= 15 is 0 Å². The molecule has 0 saturated heterocycles. The Balaban J connectivity index is 2.03. The number of allylic oxidation sites excluding steroid dienone is 14. The average molecular weight is 236 g/mol. The van der Waals surface area contributed by atoms with Crippen LogP contribution in [0.25, 0.3) is 0 Å². The lowest BCUT2D eigenvalue weighted by Gasteiger charge is -1.97. The Morgan fingerprint density at radius 1 is 1.06 bits per heavy atom. The molecule has 0 spiro atoms. The molecule has 0 atom stereocenters. The van der Waals surface area contributed by atoms with Crippen molar-refractivity contribution >= 4 is 5.78 Å². The van der Waals surface area contributed by atoms with Gasteiger partial charge in [-0.2, -0.15) is 0 Å². The molecular formula is C17H16O. The van der Waals surface area contributed by atoms with Crippen molar-refractivity contribution in [3.63, 3.8) is 0 Å². The first-order valence-corrected chi connectivity index (χ1v) is 6.14. The summed E-state index contributed by atoms with van der Waals surface area (Å²) in [5.74, 6) is 0.0812. The van der Waals surface area contributed by atoms with E-state index in [1.165, 1.54) is 0 Å². The number of hydrogen-bond donors (Lipinski definition) is 0. The molecular weight excluding hydrogens is 220 g/mol. The fraction of sp³-hybridized carbons (Fsp3) is 0.118. The van der Waals surface area contributed by atoms with Crippen LogP contribution in [0.15, 0.2) is 84.1 Å². The smallest absolute Gasteiger partial charge is 0.182 e. The van der Waals surface area contributed by atoms with Crippen molar-refractivity contribution < 1.29 is 4.79 Å². The van der Waals surface area contributed by atoms with Crippen molar-refractivity contribution in [2.45, 2.75) is 12.8 Å². The van der Waals surface area contributed by atoms with Crippen LogP contribution in [-0.2, 0) is 4.79 Å². The zero-order valence-corrected chi connectivity index (χ0v) is 10.3. The average Bonchev–Trinajstić information content (AvgIpc) is 2.80. The summed E-state index contributed by atoms with van der Waals surface area (Å²) in [6.07, 6.45) is 25.0. The Hall–Kier alpha value is -2.15. The monoisotopic (exact) mass is 236 g/mol.